The summed E-state index contributed by atoms with van der Waals surface area (Å²) in [6, 6.07) is 1.55. The number of hydrogen-bond donors (Lipinski definition) is 2. The minimum Gasteiger partial charge on any atom is -0.390 e. The summed E-state index contributed by atoms with van der Waals surface area (Å²) in [5.74, 6) is 0. The number of anilines is 1. The van der Waals surface area contributed by atoms with Crippen LogP contribution in [-0.4, -0.2) is 23.1 Å². The van der Waals surface area contributed by atoms with Crippen LogP contribution in [-0.2, 0) is 16.6 Å². The molecule has 0 unspecified atom stereocenters. The summed E-state index contributed by atoms with van der Waals surface area (Å²) in [4.78, 5) is 5.04. The molecule has 0 fully saturated rings. The van der Waals surface area contributed by atoms with E-state index in [-0.39, 0.29) is 17.5 Å². The lowest BCUT2D eigenvalue weighted by Gasteiger charge is -2.10. The number of rotatable bonds is 5. The molecule has 2 rings (SSSR count). The number of aliphatic hydroxyl groups excluding tert-OH is 1. The Labute approximate surface area is 122 Å². The van der Waals surface area contributed by atoms with E-state index in [9.17, 15) is 13.5 Å². The fourth-order valence-electron chi connectivity index (χ4n) is 1.83. The lowest BCUT2D eigenvalue weighted by molar-refractivity contribution is 0.268. The third-order valence-corrected chi connectivity index (χ3v) is 5.04. The first-order valence-corrected chi connectivity index (χ1v) is 8.40. The molecule has 0 saturated carbocycles. The molecule has 20 heavy (non-hydrogen) atoms. The number of nitrogens with one attached hydrogen (secondary N) is 1. The normalized spacial score (nSPS) is 12.1. The third kappa shape index (κ3) is 3.02. The van der Waals surface area contributed by atoms with E-state index in [1.165, 1.54) is 23.6 Å². The molecule has 0 aromatic carbocycles. The van der Waals surface area contributed by atoms with Crippen LogP contribution < -0.4 is 4.72 Å². The van der Waals surface area contributed by atoms with Crippen molar-refractivity contribution in [2.75, 3.05) is 4.72 Å². The molecule has 2 heterocycles. The zero-order valence-electron chi connectivity index (χ0n) is 11.5. The molecule has 2 N–H and O–H groups in total. The zero-order chi connectivity index (χ0) is 14.9. The number of aromatic nitrogens is 2. The standard InChI is InChI=1S/C12H17N3O3S2/c1-8(2)15-6-11(4-10(15)7-16)20(17,18)14-12-13-5-9(3)19-12/h4-6,8,16H,7H2,1-3H3,(H,13,14). The van der Waals surface area contributed by atoms with E-state index in [1.54, 1.807) is 10.8 Å². The number of thiazole rings is 1. The van der Waals surface area contributed by atoms with Crippen LogP contribution in [0.25, 0.3) is 0 Å². The largest absolute Gasteiger partial charge is 0.390 e. The number of aliphatic hydroxyl groups is 1. The van der Waals surface area contributed by atoms with Crippen molar-refractivity contribution < 1.29 is 13.5 Å². The molecule has 0 spiro atoms. The molecular formula is C12H17N3O3S2. The average molecular weight is 315 g/mol. The van der Waals surface area contributed by atoms with Crippen LogP contribution in [0.4, 0.5) is 5.13 Å². The van der Waals surface area contributed by atoms with Crippen molar-refractivity contribution >= 4 is 26.5 Å². The highest BCUT2D eigenvalue weighted by atomic mass is 32.2. The van der Waals surface area contributed by atoms with Crippen LogP contribution >= 0.6 is 11.3 Å². The minimum atomic E-state index is -3.68. The monoisotopic (exact) mass is 315 g/mol. The Hall–Kier alpha value is -1.38. The van der Waals surface area contributed by atoms with Gasteiger partial charge in [-0.1, -0.05) is 0 Å². The molecule has 2 aromatic heterocycles. The van der Waals surface area contributed by atoms with Crippen molar-refractivity contribution in [3.8, 4) is 0 Å². The second kappa shape index (κ2) is 5.55. The highest BCUT2D eigenvalue weighted by Crippen LogP contribution is 2.23. The quantitative estimate of drug-likeness (QED) is 0.885. The van der Waals surface area contributed by atoms with Crippen molar-refractivity contribution in [1.29, 1.82) is 0 Å². The van der Waals surface area contributed by atoms with Gasteiger partial charge in [0.2, 0.25) is 0 Å². The van der Waals surface area contributed by atoms with Crippen molar-refractivity contribution in [2.45, 2.75) is 38.3 Å². The summed E-state index contributed by atoms with van der Waals surface area (Å²) in [6.45, 7) is 5.50. The second-order valence-corrected chi connectivity index (χ2v) is 7.63. The number of sulfonamides is 1. The van der Waals surface area contributed by atoms with Gasteiger partial charge in [-0.2, -0.15) is 0 Å². The Morgan fingerprint density at radius 3 is 2.65 bits per heavy atom. The lowest BCUT2D eigenvalue weighted by Crippen LogP contribution is -2.12. The molecule has 0 aliphatic heterocycles. The van der Waals surface area contributed by atoms with Crippen LogP contribution in [0.3, 0.4) is 0 Å². The number of hydrogen-bond acceptors (Lipinski definition) is 5. The van der Waals surface area contributed by atoms with Gasteiger partial charge in [-0.25, -0.2) is 13.4 Å². The maximum absolute atomic E-state index is 12.3. The molecule has 0 aliphatic carbocycles. The fourth-order valence-corrected chi connectivity index (χ4v) is 3.78. The third-order valence-electron chi connectivity index (χ3n) is 2.78. The van der Waals surface area contributed by atoms with Crippen LogP contribution in [0, 0.1) is 6.92 Å². The smallest absolute Gasteiger partial charge is 0.265 e. The van der Waals surface area contributed by atoms with Gasteiger partial charge in [0.15, 0.2) is 5.13 Å². The Bertz CT molecular complexity index is 701. The minimum absolute atomic E-state index is 0.0724. The molecule has 2 aromatic rings. The number of aryl methyl sites for hydroxylation is 1. The Kier molecular flexibility index (Phi) is 4.17. The lowest BCUT2D eigenvalue weighted by atomic mass is 10.3. The van der Waals surface area contributed by atoms with Gasteiger partial charge in [0.05, 0.1) is 6.61 Å². The molecule has 6 nitrogen and oxygen atoms in total. The molecular weight excluding hydrogens is 298 g/mol. The van der Waals surface area contributed by atoms with E-state index >= 15 is 0 Å². The summed E-state index contributed by atoms with van der Waals surface area (Å²) in [5, 5.41) is 9.63. The molecule has 8 heteroatoms. The highest BCUT2D eigenvalue weighted by molar-refractivity contribution is 7.93. The zero-order valence-corrected chi connectivity index (χ0v) is 13.1. The van der Waals surface area contributed by atoms with Gasteiger partial charge in [-0.05, 0) is 26.8 Å². The molecule has 0 saturated heterocycles. The predicted molar refractivity (Wildman–Crippen MR) is 78.4 cm³/mol. The summed E-state index contributed by atoms with van der Waals surface area (Å²) >= 11 is 1.27. The first-order valence-electron chi connectivity index (χ1n) is 6.10. The highest BCUT2D eigenvalue weighted by Gasteiger charge is 2.20. The van der Waals surface area contributed by atoms with Crippen molar-refractivity contribution in [1.82, 2.24) is 9.55 Å². The average Bonchev–Trinajstić information content (AvgIpc) is 2.95. The van der Waals surface area contributed by atoms with E-state index in [0.717, 1.165) is 4.88 Å². The molecule has 0 radical (unpaired) electrons. The van der Waals surface area contributed by atoms with Gasteiger partial charge < -0.3 is 9.67 Å². The van der Waals surface area contributed by atoms with E-state index < -0.39 is 10.0 Å². The second-order valence-electron chi connectivity index (χ2n) is 4.71. The summed E-state index contributed by atoms with van der Waals surface area (Å²) in [7, 11) is -3.68. The summed E-state index contributed by atoms with van der Waals surface area (Å²) in [6.07, 6.45) is 3.14. The first-order chi connectivity index (χ1) is 9.33. The predicted octanol–water partition coefficient (Wildman–Crippen LogP) is 2.13. The molecule has 0 atom stereocenters. The molecule has 0 bridgehead atoms. The maximum Gasteiger partial charge on any atom is 0.265 e. The Morgan fingerprint density at radius 1 is 1.50 bits per heavy atom. The van der Waals surface area contributed by atoms with Gasteiger partial charge in [0.25, 0.3) is 10.0 Å². The van der Waals surface area contributed by atoms with E-state index in [0.29, 0.717) is 10.8 Å². The van der Waals surface area contributed by atoms with E-state index in [4.69, 9.17) is 0 Å². The summed E-state index contributed by atoms with van der Waals surface area (Å²) < 4.78 is 28.7. The van der Waals surface area contributed by atoms with Crippen LogP contribution in [0.5, 0.6) is 0 Å². The Balaban J connectivity index is 2.34. The van der Waals surface area contributed by atoms with Gasteiger partial charge in [0.1, 0.15) is 4.90 Å². The van der Waals surface area contributed by atoms with Gasteiger partial charge in [-0.3, -0.25) is 4.72 Å². The molecule has 0 amide bonds. The molecule has 110 valence electrons. The summed E-state index contributed by atoms with van der Waals surface area (Å²) in [5.41, 5.74) is 0.565. The first kappa shape index (κ1) is 15.0. The van der Waals surface area contributed by atoms with Crippen LogP contribution in [0.2, 0.25) is 0 Å². The van der Waals surface area contributed by atoms with Gasteiger partial charge >= 0.3 is 0 Å². The fraction of sp³-hybridized carbons (Fsp3) is 0.417. The van der Waals surface area contributed by atoms with Crippen molar-refractivity contribution in [2.24, 2.45) is 0 Å². The van der Waals surface area contributed by atoms with Crippen LogP contribution in [0.15, 0.2) is 23.4 Å². The number of nitrogens with zero attached hydrogens (tertiary/aromatic N) is 2. The van der Waals surface area contributed by atoms with Crippen LogP contribution in [0.1, 0.15) is 30.5 Å². The van der Waals surface area contributed by atoms with E-state index in [2.05, 4.69) is 9.71 Å². The van der Waals surface area contributed by atoms with Gasteiger partial charge in [-0.15, -0.1) is 11.3 Å². The van der Waals surface area contributed by atoms with Gasteiger partial charge in [0, 0.05) is 29.0 Å². The maximum atomic E-state index is 12.3. The van der Waals surface area contributed by atoms with Crippen molar-refractivity contribution in [3.05, 3.63) is 29.0 Å². The van der Waals surface area contributed by atoms with Crippen molar-refractivity contribution in [3.63, 3.8) is 0 Å². The van der Waals surface area contributed by atoms with E-state index in [1.807, 2.05) is 20.8 Å². The Morgan fingerprint density at radius 2 is 2.20 bits per heavy atom. The SMILES string of the molecule is Cc1cnc(NS(=O)(=O)c2cc(CO)n(C(C)C)c2)s1. The molecule has 0 aliphatic rings. The topological polar surface area (TPSA) is 84.2 Å².